The summed E-state index contributed by atoms with van der Waals surface area (Å²) < 4.78 is 25.5. The van der Waals surface area contributed by atoms with E-state index in [1.54, 1.807) is 31.2 Å². The number of Topliss-reactive ketones (excluding diaryl/α,β-unsaturated/α-hetero) is 1. The van der Waals surface area contributed by atoms with Crippen molar-refractivity contribution in [2.45, 2.75) is 19.9 Å². The minimum Gasteiger partial charge on any atom is -0.507 e. The quantitative estimate of drug-likeness (QED) is 0.236. The highest BCUT2D eigenvalue weighted by atomic mass is 32.1. The molecule has 2 aromatic carbocycles. The Hall–Kier alpha value is -3.98. The predicted octanol–water partition coefficient (Wildman–Crippen LogP) is 5.36. The van der Waals surface area contributed by atoms with Gasteiger partial charge in [0.1, 0.15) is 34.9 Å². The Labute approximate surface area is 197 Å². The van der Waals surface area contributed by atoms with Crippen molar-refractivity contribution in [3.63, 3.8) is 0 Å². The molecule has 3 heterocycles. The highest BCUT2D eigenvalue weighted by Gasteiger charge is 2.49. The second-order valence-corrected chi connectivity index (χ2v) is 8.69. The van der Waals surface area contributed by atoms with Crippen molar-refractivity contribution >= 4 is 44.1 Å². The maximum atomic E-state index is 13.4. The molecule has 0 aliphatic carbocycles. The van der Waals surface area contributed by atoms with E-state index in [2.05, 4.69) is 4.98 Å². The number of aromatic nitrogens is 1. The van der Waals surface area contributed by atoms with Gasteiger partial charge in [0.25, 0.3) is 5.78 Å². The molecule has 1 fully saturated rings. The number of ether oxygens (including phenoxy) is 1. The Kier molecular flexibility index (Phi) is 5.41. The SMILES string of the molecule is CCOc1ccc2nc(N3C(=O)C(=O)C(=C(O)c4ccc(F)cc4)C3c3ccc(C)o3)sc2c1. The molecular weight excluding hydrogens is 459 g/mol. The molecule has 0 spiro atoms. The third kappa shape index (κ3) is 3.63. The number of aliphatic hydroxyl groups is 1. The van der Waals surface area contributed by atoms with Crippen LogP contribution in [0.2, 0.25) is 0 Å². The number of carbonyl (C=O) groups is 2. The van der Waals surface area contributed by atoms with Crippen LogP contribution < -0.4 is 9.64 Å². The number of hydrogen-bond donors (Lipinski definition) is 1. The minimum atomic E-state index is -1.04. The number of carbonyl (C=O) groups excluding carboxylic acids is 2. The molecule has 0 bridgehead atoms. The van der Waals surface area contributed by atoms with Crippen LogP contribution in [0.5, 0.6) is 5.75 Å². The molecule has 7 nitrogen and oxygen atoms in total. The molecule has 2 aromatic heterocycles. The fourth-order valence-electron chi connectivity index (χ4n) is 3.91. The number of anilines is 1. The third-order valence-electron chi connectivity index (χ3n) is 5.46. The number of amides is 1. The van der Waals surface area contributed by atoms with Crippen LogP contribution in [0.15, 0.2) is 64.6 Å². The van der Waals surface area contributed by atoms with E-state index in [9.17, 15) is 19.1 Å². The summed E-state index contributed by atoms with van der Waals surface area (Å²) in [4.78, 5) is 32.2. The highest BCUT2D eigenvalue weighted by molar-refractivity contribution is 7.22. The van der Waals surface area contributed by atoms with Crippen molar-refractivity contribution in [1.29, 1.82) is 0 Å². The lowest BCUT2D eigenvalue weighted by Gasteiger charge is -2.20. The van der Waals surface area contributed by atoms with Crippen LogP contribution in [-0.4, -0.2) is 28.4 Å². The second kappa shape index (κ2) is 8.42. The van der Waals surface area contributed by atoms with Gasteiger partial charge in [0, 0.05) is 5.56 Å². The van der Waals surface area contributed by atoms with Gasteiger partial charge in [0.2, 0.25) is 0 Å². The lowest BCUT2D eigenvalue weighted by atomic mass is 9.99. The smallest absolute Gasteiger partial charge is 0.302 e. The summed E-state index contributed by atoms with van der Waals surface area (Å²) in [6.45, 7) is 4.13. The Morgan fingerprint density at radius 2 is 1.94 bits per heavy atom. The molecule has 4 aromatic rings. The third-order valence-corrected chi connectivity index (χ3v) is 6.48. The molecule has 9 heteroatoms. The minimum absolute atomic E-state index is 0.153. The molecule has 1 saturated heterocycles. The first-order valence-corrected chi connectivity index (χ1v) is 11.4. The lowest BCUT2D eigenvalue weighted by molar-refractivity contribution is -0.132. The van der Waals surface area contributed by atoms with Crippen molar-refractivity contribution in [3.05, 3.63) is 83.1 Å². The Bertz CT molecular complexity index is 1450. The number of ketones is 1. The first kappa shape index (κ1) is 21.8. The summed E-state index contributed by atoms with van der Waals surface area (Å²) in [7, 11) is 0. The van der Waals surface area contributed by atoms with Crippen LogP contribution in [0.3, 0.4) is 0 Å². The molecule has 5 rings (SSSR count). The summed E-state index contributed by atoms with van der Waals surface area (Å²) in [6, 6.07) is 12.7. The fourth-order valence-corrected chi connectivity index (χ4v) is 4.94. The zero-order valence-corrected chi connectivity index (χ0v) is 19.1. The van der Waals surface area contributed by atoms with E-state index in [4.69, 9.17) is 9.15 Å². The topological polar surface area (TPSA) is 92.9 Å². The van der Waals surface area contributed by atoms with Gasteiger partial charge >= 0.3 is 5.91 Å². The molecule has 1 aliphatic heterocycles. The van der Waals surface area contributed by atoms with E-state index in [1.807, 2.05) is 13.0 Å². The molecule has 34 heavy (non-hydrogen) atoms. The van der Waals surface area contributed by atoms with Crippen LogP contribution in [0.4, 0.5) is 9.52 Å². The number of furan rings is 1. The number of fused-ring (bicyclic) bond motifs is 1. The first-order chi connectivity index (χ1) is 16.4. The van der Waals surface area contributed by atoms with Gasteiger partial charge in [-0.1, -0.05) is 11.3 Å². The molecule has 1 amide bonds. The number of thiazole rings is 1. The molecule has 1 N–H and O–H groups in total. The average molecular weight is 479 g/mol. The summed E-state index contributed by atoms with van der Waals surface area (Å²) >= 11 is 1.22. The molecular formula is C25H19FN2O5S. The zero-order chi connectivity index (χ0) is 24.0. The van der Waals surface area contributed by atoms with Gasteiger partial charge in [-0.2, -0.15) is 0 Å². The Balaban J connectivity index is 1.68. The van der Waals surface area contributed by atoms with E-state index >= 15 is 0 Å². The average Bonchev–Trinajstić information content (AvgIpc) is 3.50. The summed E-state index contributed by atoms with van der Waals surface area (Å²) in [5.74, 6) is -1.08. The van der Waals surface area contributed by atoms with Crippen molar-refractivity contribution in [1.82, 2.24) is 4.98 Å². The lowest BCUT2D eigenvalue weighted by Crippen LogP contribution is -2.29. The van der Waals surface area contributed by atoms with E-state index in [0.717, 1.165) is 4.70 Å². The van der Waals surface area contributed by atoms with Crippen molar-refractivity contribution in [2.75, 3.05) is 11.5 Å². The number of aryl methyl sites for hydroxylation is 1. The molecule has 0 radical (unpaired) electrons. The number of halogens is 1. The largest absolute Gasteiger partial charge is 0.507 e. The first-order valence-electron chi connectivity index (χ1n) is 10.5. The number of benzene rings is 2. The number of hydrogen-bond acceptors (Lipinski definition) is 7. The van der Waals surface area contributed by atoms with Gasteiger partial charge in [-0.05, 0) is 68.4 Å². The van der Waals surface area contributed by atoms with Crippen LogP contribution in [0.1, 0.15) is 30.0 Å². The van der Waals surface area contributed by atoms with Gasteiger partial charge in [-0.3, -0.25) is 14.5 Å². The monoisotopic (exact) mass is 478 g/mol. The van der Waals surface area contributed by atoms with Crippen molar-refractivity contribution < 1.29 is 28.2 Å². The maximum Gasteiger partial charge on any atom is 0.302 e. The van der Waals surface area contributed by atoms with E-state index < -0.39 is 29.3 Å². The molecule has 1 unspecified atom stereocenters. The van der Waals surface area contributed by atoms with Gasteiger partial charge in [-0.15, -0.1) is 0 Å². The normalized spacial score (nSPS) is 17.6. The van der Waals surface area contributed by atoms with Gasteiger partial charge < -0.3 is 14.3 Å². The molecule has 1 atom stereocenters. The molecule has 172 valence electrons. The Morgan fingerprint density at radius 1 is 1.18 bits per heavy atom. The van der Waals surface area contributed by atoms with Crippen LogP contribution in [0, 0.1) is 12.7 Å². The maximum absolute atomic E-state index is 13.4. The van der Waals surface area contributed by atoms with E-state index in [1.165, 1.54) is 40.5 Å². The number of nitrogens with zero attached hydrogens (tertiary/aromatic N) is 2. The van der Waals surface area contributed by atoms with Crippen LogP contribution in [0.25, 0.3) is 16.0 Å². The van der Waals surface area contributed by atoms with Gasteiger partial charge in [-0.25, -0.2) is 9.37 Å². The van der Waals surface area contributed by atoms with Gasteiger partial charge in [0.15, 0.2) is 5.13 Å². The molecule has 1 aliphatic rings. The number of rotatable bonds is 5. The number of aliphatic hydroxyl groups excluding tert-OH is 1. The van der Waals surface area contributed by atoms with Crippen molar-refractivity contribution in [3.8, 4) is 5.75 Å². The van der Waals surface area contributed by atoms with Crippen LogP contribution in [-0.2, 0) is 9.59 Å². The van der Waals surface area contributed by atoms with Crippen LogP contribution >= 0.6 is 11.3 Å². The van der Waals surface area contributed by atoms with Gasteiger partial charge in [0.05, 0.1) is 22.4 Å². The summed E-state index contributed by atoms with van der Waals surface area (Å²) in [5, 5.41) is 11.3. The highest BCUT2D eigenvalue weighted by Crippen LogP contribution is 2.45. The van der Waals surface area contributed by atoms with E-state index in [0.29, 0.717) is 29.4 Å². The van der Waals surface area contributed by atoms with E-state index in [-0.39, 0.29) is 16.3 Å². The molecule has 0 saturated carbocycles. The second-order valence-electron chi connectivity index (χ2n) is 7.68. The zero-order valence-electron chi connectivity index (χ0n) is 18.2. The predicted molar refractivity (Wildman–Crippen MR) is 125 cm³/mol. The fraction of sp³-hybridized carbons (Fsp3) is 0.160. The standard InChI is InChI=1S/C25H19FN2O5S/c1-3-32-16-9-10-17-19(12-16)34-25(27-17)28-21(18-11-4-13(2)33-18)20(23(30)24(28)31)22(29)14-5-7-15(26)8-6-14/h4-12,21,29H,3H2,1-2H3. The Morgan fingerprint density at radius 3 is 2.62 bits per heavy atom. The van der Waals surface area contributed by atoms with Crippen molar-refractivity contribution in [2.24, 2.45) is 0 Å². The summed E-state index contributed by atoms with van der Waals surface area (Å²) in [5.41, 5.74) is 0.691. The summed E-state index contributed by atoms with van der Waals surface area (Å²) in [6.07, 6.45) is 0.